The minimum atomic E-state index is 0.0480. The molecule has 1 aromatic rings. The number of rotatable bonds is 2. The Kier molecular flexibility index (Phi) is 2.54. The Morgan fingerprint density at radius 1 is 1.55 bits per heavy atom. The van der Waals surface area contributed by atoms with Crippen LogP contribution in [0.25, 0.3) is 0 Å². The highest BCUT2D eigenvalue weighted by molar-refractivity contribution is 7.98. The summed E-state index contributed by atoms with van der Waals surface area (Å²) in [7, 11) is 0. The average Bonchev–Trinajstić information content (AvgIpc) is 2.04. The summed E-state index contributed by atoms with van der Waals surface area (Å²) < 4.78 is 0. The first-order valence-electron chi connectivity index (χ1n) is 3.10. The fraction of sp³-hybridized carbons (Fsp3) is 0.125. The molecule has 0 unspecified atom stereocenters. The van der Waals surface area contributed by atoms with Crippen molar-refractivity contribution < 1.29 is 9.90 Å². The van der Waals surface area contributed by atoms with Gasteiger partial charge < -0.3 is 5.11 Å². The summed E-state index contributed by atoms with van der Waals surface area (Å²) in [5, 5.41) is 9.18. The first kappa shape index (κ1) is 8.14. The Morgan fingerprint density at radius 3 is 2.73 bits per heavy atom. The number of hydrogen-bond acceptors (Lipinski definition) is 3. The van der Waals surface area contributed by atoms with Crippen molar-refractivity contribution in [2.75, 3.05) is 6.26 Å². The highest BCUT2D eigenvalue weighted by Crippen LogP contribution is 2.22. The Hall–Kier alpha value is -0.960. The van der Waals surface area contributed by atoms with Gasteiger partial charge in [0.05, 0.1) is 5.56 Å². The van der Waals surface area contributed by atoms with E-state index in [1.54, 1.807) is 18.2 Å². The number of thioether (sulfide) groups is 1. The molecule has 2 nitrogen and oxygen atoms in total. The number of aromatic hydroxyl groups is 1. The standard InChI is InChI=1S/C8H8O2S/c1-11-7-3-2-6(5-9)8(10)4-7/h2-5,10H,1H3. The van der Waals surface area contributed by atoms with Gasteiger partial charge in [-0.15, -0.1) is 11.8 Å². The molecule has 1 N–H and O–H groups in total. The van der Waals surface area contributed by atoms with Crippen molar-refractivity contribution in [3.05, 3.63) is 23.8 Å². The van der Waals surface area contributed by atoms with Crippen molar-refractivity contribution in [1.82, 2.24) is 0 Å². The molecule has 0 radical (unpaired) electrons. The number of phenols is 1. The van der Waals surface area contributed by atoms with Crippen LogP contribution in [0.2, 0.25) is 0 Å². The van der Waals surface area contributed by atoms with Gasteiger partial charge in [-0.3, -0.25) is 4.79 Å². The molecule has 0 amide bonds. The maximum atomic E-state index is 10.3. The predicted molar refractivity (Wildman–Crippen MR) is 45.3 cm³/mol. The predicted octanol–water partition coefficient (Wildman–Crippen LogP) is 1.93. The van der Waals surface area contributed by atoms with Crippen molar-refractivity contribution in [2.24, 2.45) is 0 Å². The summed E-state index contributed by atoms with van der Waals surface area (Å²) >= 11 is 1.53. The molecular formula is C8H8O2S. The van der Waals surface area contributed by atoms with Crippen molar-refractivity contribution in [3.63, 3.8) is 0 Å². The van der Waals surface area contributed by atoms with Crippen LogP contribution in [0.15, 0.2) is 23.1 Å². The molecule has 0 saturated carbocycles. The van der Waals surface area contributed by atoms with Crippen LogP contribution in [0.3, 0.4) is 0 Å². The third-order valence-electron chi connectivity index (χ3n) is 1.36. The lowest BCUT2D eigenvalue weighted by molar-refractivity contribution is 0.112. The highest BCUT2D eigenvalue weighted by atomic mass is 32.2. The number of carbonyl (C=O) groups is 1. The van der Waals surface area contributed by atoms with Crippen LogP contribution in [0.1, 0.15) is 10.4 Å². The van der Waals surface area contributed by atoms with E-state index in [1.165, 1.54) is 11.8 Å². The van der Waals surface area contributed by atoms with E-state index in [9.17, 15) is 9.90 Å². The summed E-state index contributed by atoms with van der Waals surface area (Å²) in [6.45, 7) is 0. The lowest BCUT2D eigenvalue weighted by Gasteiger charge is -1.98. The lowest BCUT2D eigenvalue weighted by Crippen LogP contribution is -1.80. The number of phenolic OH excluding ortho intramolecular Hbond substituents is 1. The summed E-state index contributed by atoms with van der Waals surface area (Å²) in [5.74, 6) is 0.0480. The molecule has 0 heterocycles. The lowest BCUT2D eigenvalue weighted by atomic mass is 10.2. The molecule has 1 rings (SSSR count). The van der Waals surface area contributed by atoms with Gasteiger partial charge in [0.15, 0.2) is 6.29 Å². The van der Waals surface area contributed by atoms with Crippen LogP contribution >= 0.6 is 11.8 Å². The first-order valence-corrected chi connectivity index (χ1v) is 4.32. The zero-order valence-corrected chi connectivity index (χ0v) is 6.89. The van der Waals surface area contributed by atoms with Gasteiger partial charge in [-0.1, -0.05) is 0 Å². The van der Waals surface area contributed by atoms with Gasteiger partial charge in [-0.25, -0.2) is 0 Å². The van der Waals surface area contributed by atoms with E-state index < -0.39 is 0 Å². The van der Waals surface area contributed by atoms with E-state index in [-0.39, 0.29) is 5.75 Å². The molecule has 0 aliphatic carbocycles. The second kappa shape index (κ2) is 3.44. The monoisotopic (exact) mass is 168 g/mol. The van der Waals surface area contributed by atoms with Crippen LogP contribution < -0.4 is 0 Å². The molecular weight excluding hydrogens is 160 g/mol. The molecule has 0 bridgehead atoms. The molecule has 0 aliphatic heterocycles. The van der Waals surface area contributed by atoms with Crippen LogP contribution in [0, 0.1) is 0 Å². The smallest absolute Gasteiger partial charge is 0.153 e. The van der Waals surface area contributed by atoms with Crippen LogP contribution in [0.5, 0.6) is 5.75 Å². The van der Waals surface area contributed by atoms with E-state index >= 15 is 0 Å². The molecule has 58 valence electrons. The van der Waals surface area contributed by atoms with Gasteiger partial charge in [-0.05, 0) is 24.5 Å². The van der Waals surface area contributed by atoms with E-state index in [1.807, 2.05) is 6.26 Å². The van der Waals surface area contributed by atoms with Gasteiger partial charge in [0, 0.05) is 4.90 Å². The summed E-state index contributed by atoms with van der Waals surface area (Å²) in [4.78, 5) is 11.2. The molecule has 0 aliphatic rings. The maximum absolute atomic E-state index is 10.3. The van der Waals surface area contributed by atoms with Crippen LogP contribution in [0.4, 0.5) is 0 Å². The average molecular weight is 168 g/mol. The second-order valence-corrected chi connectivity index (χ2v) is 2.92. The first-order chi connectivity index (χ1) is 5.27. The zero-order valence-electron chi connectivity index (χ0n) is 6.07. The topological polar surface area (TPSA) is 37.3 Å². The summed E-state index contributed by atoms with van der Waals surface area (Å²) in [5.41, 5.74) is 0.336. The normalized spacial score (nSPS) is 9.55. The molecule has 0 spiro atoms. The van der Waals surface area contributed by atoms with E-state index in [0.717, 1.165) is 4.90 Å². The largest absolute Gasteiger partial charge is 0.507 e. The minimum Gasteiger partial charge on any atom is -0.507 e. The Bertz CT molecular complexity index is 271. The van der Waals surface area contributed by atoms with Crippen molar-refractivity contribution in [3.8, 4) is 5.75 Å². The summed E-state index contributed by atoms with van der Waals surface area (Å²) in [6, 6.07) is 4.98. The van der Waals surface area contributed by atoms with Crippen LogP contribution in [-0.2, 0) is 0 Å². The van der Waals surface area contributed by atoms with E-state index in [0.29, 0.717) is 11.8 Å². The number of benzene rings is 1. The number of aldehydes is 1. The Balaban J connectivity index is 3.09. The molecule has 0 fully saturated rings. The van der Waals surface area contributed by atoms with E-state index in [4.69, 9.17) is 0 Å². The molecule has 3 heteroatoms. The highest BCUT2D eigenvalue weighted by Gasteiger charge is 1.99. The number of hydrogen-bond donors (Lipinski definition) is 1. The molecule has 1 aromatic carbocycles. The van der Waals surface area contributed by atoms with Gasteiger partial charge >= 0.3 is 0 Å². The molecule has 0 saturated heterocycles. The summed E-state index contributed by atoms with van der Waals surface area (Å²) in [6.07, 6.45) is 2.55. The molecule has 0 atom stereocenters. The zero-order chi connectivity index (χ0) is 8.27. The van der Waals surface area contributed by atoms with Crippen molar-refractivity contribution in [2.45, 2.75) is 4.90 Å². The molecule has 11 heavy (non-hydrogen) atoms. The third kappa shape index (κ3) is 1.74. The van der Waals surface area contributed by atoms with Crippen molar-refractivity contribution >= 4 is 18.0 Å². The van der Waals surface area contributed by atoms with E-state index in [2.05, 4.69) is 0 Å². The Labute approximate surface area is 69.2 Å². The van der Waals surface area contributed by atoms with Gasteiger partial charge in [0.25, 0.3) is 0 Å². The third-order valence-corrected chi connectivity index (χ3v) is 2.09. The van der Waals surface area contributed by atoms with Gasteiger partial charge in [0.2, 0.25) is 0 Å². The second-order valence-electron chi connectivity index (χ2n) is 2.04. The van der Waals surface area contributed by atoms with Gasteiger partial charge in [-0.2, -0.15) is 0 Å². The van der Waals surface area contributed by atoms with Crippen LogP contribution in [-0.4, -0.2) is 17.6 Å². The quantitative estimate of drug-likeness (QED) is 0.541. The van der Waals surface area contributed by atoms with Gasteiger partial charge in [0.1, 0.15) is 5.75 Å². The SMILES string of the molecule is CSc1ccc(C=O)c(O)c1. The minimum absolute atomic E-state index is 0.0480. The van der Waals surface area contributed by atoms with Crippen molar-refractivity contribution in [1.29, 1.82) is 0 Å². The molecule has 0 aromatic heterocycles. The Morgan fingerprint density at radius 2 is 2.27 bits per heavy atom. The fourth-order valence-electron chi connectivity index (χ4n) is 0.750. The number of carbonyl (C=O) groups excluding carboxylic acids is 1. The fourth-order valence-corrected chi connectivity index (χ4v) is 1.18. The maximum Gasteiger partial charge on any atom is 0.153 e.